The molecule has 0 bridgehead atoms. The Kier molecular flexibility index (Phi) is 6.20. The molecule has 0 spiro atoms. The molecule has 0 atom stereocenters. The van der Waals surface area contributed by atoms with Crippen molar-refractivity contribution in [3.63, 3.8) is 0 Å². The van der Waals surface area contributed by atoms with Crippen LogP contribution in [-0.2, 0) is 9.59 Å². The van der Waals surface area contributed by atoms with Crippen LogP contribution < -0.4 is 5.32 Å². The van der Waals surface area contributed by atoms with Crippen LogP contribution in [0, 0.1) is 10.1 Å². The van der Waals surface area contributed by atoms with Crippen molar-refractivity contribution in [1.82, 2.24) is 10.2 Å². The summed E-state index contributed by atoms with van der Waals surface area (Å²) in [5.41, 5.74) is 0.333. The first-order valence-electron chi connectivity index (χ1n) is 7.40. The lowest BCUT2D eigenvalue weighted by Crippen LogP contribution is -2.38. The lowest BCUT2D eigenvalue weighted by Gasteiger charge is -2.13. The number of halogens is 3. The van der Waals surface area contributed by atoms with Crippen molar-refractivity contribution < 1.29 is 32.5 Å². The fourth-order valence-electron chi connectivity index (χ4n) is 2.09. The third-order valence-corrected chi connectivity index (χ3v) is 4.20. The Balaban J connectivity index is 1.96. The van der Waals surface area contributed by atoms with Gasteiger partial charge in [0.05, 0.1) is 9.83 Å². The zero-order chi connectivity index (χ0) is 20.2. The lowest BCUT2D eigenvalue weighted by molar-refractivity contribution is -0.384. The quantitative estimate of drug-likeness (QED) is 0.444. The van der Waals surface area contributed by atoms with Crippen molar-refractivity contribution in [1.29, 1.82) is 0 Å². The molecule has 144 valence electrons. The molecular formula is C15H12F3N3O5S. The molecule has 1 N–H and O–H groups in total. The van der Waals surface area contributed by atoms with E-state index in [1.54, 1.807) is 0 Å². The Hall–Kier alpha value is -2.89. The molecule has 1 aliphatic heterocycles. The zero-order valence-electron chi connectivity index (χ0n) is 13.5. The molecular weight excluding hydrogens is 391 g/mol. The highest BCUT2D eigenvalue weighted by atomic mass is 32.2. The standard InChI is InChI=1S/C15H12F3N3O5S/c16-15(17,18)8-12(22)19-5-6-20-13(23)11(27-14(20)24)7-9-1-3-10(4-2-9)21(25)26/h1-4,7H,5-6,8H2,(H,19,22). The van der Waals surface area contributed by atoms with Crippen molar-refractivity contribution in [2.75, 3.05) is 13.1 Å². The molecule has 1 heterocycles. The third-order valence-electron chi connectivity index (χ3n) is 3.29. The number of nitro groups is 1. The molecule has 12 heteroatoms. The molecule has 1 aromatic rings. The number of benzene rings is 1. The molecule has 3 amide bonds. The maximum Gasteiger partial charge on any atom is 0.397 e. The van der Waals surface area contributed by atoms with E-state index in [2.05, 4.69) is 0 Å². The number of nitrogens with one attached hydrogen (secondary N) is 1. The van der Waals surface area contributed by atoms with Crippen molar-refractivity contribution in [3.05, 3.63) is 44.8 Å². The largest absolute Gasteiger partial charge is 0.397 e. The average molecular weight is 403 g/mol. The number of nitrogens with zero attached hydrogens (tertiary/aromatic N) is 2. The van der Waals surface area contributed by atoms with Crippen LogP contribution in [0.15, 0.2) is 29.2 Å². The predicted molar refractivity (Wildman–Crippen MR) is 89.5 cm³/mol. The first-order chi connectivity index (χ1) is 12.6. The van der Waals surface area contributed by atoms with Crippen LogP contribution in [0.4, 0.5) is 23.7 Å². The maximum atomic E-state index is 12.2. The van der Waals surface area contributed by atoms with Gasteiger partial charge in [-0.05, 0) is 35.5 Å². The molecule has 1 saturated heterocycles. The zero-order valence-corrected chi connectivity index (χ0v) is 14.3. The molecule has 0 unspecified atom stereocenters. The molecule has 0 aromatic heterocycles. The van der Waals surface area contributed by atoms with E-state index in [1.807, 2.05) is 5.32 Å². The third kappa shape index (κ3) is 5.81. The topological polar surface area (TPSA) is 110 Å². The summed E-state index contributed by atoms with van der Waals surface area (Å²) in [7, 11) is 0. The van der Waals surface area contributed by atoms with Gasteiger partial charge in [-0.1, -0.05) is 0 Å². The number of nitro benzene ring substituents is 1. The van der Waals surface area contributed by atoms with E-state index >= 15 is 0 Å². The normalized spacial score (nSPS) is 16.1. The van der Waals surface area contributed by atoms with E-state index < -0.39 is 34.6 Å². The number of hydrogen-bond acceptors (Lipinski definition) is 6. The number of thioether (sulfide) groups is 1. The molecule has 0 radical (unpaired) electrons. The Morgan fingerprint density at radius 2 is 1.89 bits per heavy atom. The Morgan fingerprint density at radius 3 is 2.44 bits per heavy atom. The fraction of sp³-hybridized carbons (Fsp3) is 0.267. The number of non-ortho nitro benzene ring substituents is 1. The molecule has 8 nitrogen and oxygen atoms in total. The first kappa shape index (κ1) is 20.4. The van der Waals surface area contributed by atoms with Crippen LogP contribution in [0.5, 0.6) is 0 Å². The van der Waals surface area contributed by atoms with Gasteiger partial charge < -0.3 is 5.32 Å². The van der Waals surface area contributed by atoms with Gasteiger partial charge in [0.25, 0.3) is 16.8 Å². The van der Waals surface area contributed by atoms with Gasteiger partial charge in [-0.3, -0.25) is 29.4 Å². The number of hydrogen-bond donors (Lipinski definition) is 1. The van der Waals surface area contributed by atoms with Gasteiger partial charge in [-0.15, -0.1) is 0 Å². The number of rotatable bonds is 6. The molecule has 0 saturated carbocycles. The SMILES string of the molecule is O=C(CC(F)(F)F)NCCN1C(=O)SC(=Cc2ccc([N+](=O)[O-])cc2)C1=O. The lowest BCUT2D eigenvalue weighted by atomic mass is 10.2. The minimum atomic E-state index is -4.64. The summed E-state index contributed by atoms with van der Waals surface area (Å²) in [5.74, 6) is -1.91. The van der Waals surface area contributed by atoms with E-state index in [-0.39, 0.29) is 23.7 Å². The molecule has 1 aliphatic rings. The number of amides is 3. The molecule has 27 heavy (non-hydrogen) atoms. The highest BCUT2D eigenvalue weighted by Crippen LogP contribution is 2.32. The van der Waals surface area contributed by atoms with Crippen LogP contribution in [0.25, 0.3) is 6.08 Å². The minimum absolute atomic E-state index is 0.0653. The summed E-state index contributed by atoms with van der Waals surface area (Å²) in [6, 6.07) is 5.30. The second-order valence-electron chi connectivity index (χ2n) is 5.32. The summed E-state index contributed by atoms with van der Waals surface area (Å²) in [5, 5.41) is 12.0. The maximum absolute atomic E-state index is 12.2. The van der Waals surface area contributed by atoms with E-state index in [0.29, 0.717) is 17.3 Å². The molecule has 2 rings (SSSR count). The fourth-order valence-corrected chi connectivity index (χ4v) is 2.95. The van der Waals surface area contributed by atoms with Gasteiger partial charge in [0.2, 0.25) is 5.91 Å². The Labute approximate surface area is 154 Å². The van der Waals surface area contributed by atoms with Crippen molar-refractivity contribution in [2.45, 2.75) is 12.6 Å². The van der Waals surface area contributed by atoms with Crippen molar-refractivity contribution in [3.8, 4) is 0 Å². The first-order valence-corrected chi connectivity index (χ1v) is 8.22. The predicted octanol–water partition coefficient (Wildman–Crippen LogP) is 2.70. The summed E-state index contributed by atoms with van der Waals surface area (Å²) < 4.78 is 36.2. The average Bonchev–Trinajstić information content (AvgIpc) is 2.81. The van der Waals surface area contributed by atoms with E-state index in [0.717, 1.165) is 4.90 Å². The van der Waals surface area contributed by atoms with Gasteiger partial charge in [0.1, 0.15) is 6.42 Å². The highest BCUT2D eigenvalue weighted by Gasteiger charge is 2.35. The van der Waals surface area contributed by atoms with E-state index in [4.69, 9.17) is 0 Å². The van der Waals surface area contributed by atoms with Crippen molar-refractivity contribution >= 4 is 40.6 Å². The smallest absolute Gasteiger partial charge is 0.354 e. The Bertz CT molecular complexity index is 808. The van der Waals surface area contributed by atoms with Crippen LogP contribution in [0.3, 0.4) is 0 Å². The van der Waals surface area contributed by atoms with Crippen LogP contribution in [0.2, 0.25) is 0 Å². The van der Waals surface area contributed by atoms with E-state index in [9.17, 15) is 37.7 Å². The van der Waals surface area contributed by atoms with Gasteiger partial charge in [-0.25, -0.2) is 0 Å². The van der Waals surface area contributed by atoms with Crippen molar-refractivity contribution in [2.24, 2.45) is 0 Å². The second-order valence-corrected chi connectivity index (χ2v) is 6.32. The summed E-state index contributed by atoms with van der Waals surface area (Å²) in [6.45, 7) is -0.580. The number of imide groups is 1. The molecule has 0 aliphatic carbocycles. The summed E-state index contributed by atoms with van der Waals surface area (Å²) in [6.07, 6.45) is -4.91. The number of carbonyl (C=O) groups is 3. The number of alkyl halides is 3. The minimum Gasteiger partial charge on any atom is -0.354 e. The summed E-state index contributed by atoms with van der Waals surface area (Å²) >= 11 is 0.628. The monoisotopic (exact) mass is 403 g/mol. The highest BCUT2D eigenvalue weighted by molar-refractivity contribution is 8.18. The van der Waals surface area contributed by atoms with Crippen LogP contribution in [0.1, 0.15) is 12.0 Å². The second kappa shape index (κ2) is 8.20. The molecule has 1 fully saturated rings. The molecule has 1 aromatic carbocycles. The summed E-state index contributed by atoms with van der Waals surface area (Å²) in [4.78, 5) is 46.1. The van der Waals surface area contributed by atoms with Gasteiger partial charge in [-0.2, -0.15) is 13.2 Å². The Morgan fingerprint density at radius 1 is 1.26 bits per heavy atom. The van der Waals surface area contributed by atoms with Gasteiger partial charge >= 0.3 is 6.18 Å². The number of carbonyl (C=O) groups excluding carboxylic acids is 3. The van der Waals surface area contributed by atoms with Gasteiger partial charge in [0, 0.05) is 25.2 Å². The van der Waals surface area contributed by atoms with Crippen LogP contribution in [-0.4, -0.2) is 46.1 Å². The van der Waals surface area contributed by atoms with Gasteiger partial charge in [0.15, 0.2) is 0 Å². The van der Waals surface area contributed by atoms with Crippen LogP contribution >= 0.6 is 11.8 Å². The van der Waals surface area contributed by atoms with E-state index in [1.165, 1.54) is 30.3 Å².